The number of para-hydroxylation sites is 1. The van der Waals surface area contributed by atoms with E-state index in [-0.39, 0.29) is 5.91 Å². The topological polar surface area (TPSA) is 50.2 Å². The van der Waals surface area contributed by atoms with Crippen molar-refractivity contribution in [2.75, 3.05) is 23.3 Å². The molecule has 0 radical (unpaired) electrons. The van der Waals surface area contributed by atoms with E-state index in [0.717, 1.165) is 35.7 Å². The van der Waals surface area contributed by atoms with Gasteiger partial charge < -0.3 is 10.2 Å². The second-order valence-electron chi connectivity index (χ2n) is 8.08. The first-order valence-corrected chi connectivity index (χ1v) is 11.2. The van der Waals surface area contributed by atoms with E-state index in [9.17, 15) is 4.79 Å². The van der Waals surface area contributed by atoms with Crippen LogP contribution in [0, 0.1) is 0 Å². The van der Waals surface area contributed by atoms with Crippen molar-refractivity contribution < 1.29 is 4.79 Å². The van der Waals surface area contributed by atoms with Gasteiger partial charge in [-0.3, -0.25) is 4.79 Å². The van der Waals surface area contributed by atoms with Gasteiger partial charge in [0.25, 0.3) is 5.91 Å². The molecular weight excluding hydrogens is 396 g/mol. The number of hydrogen-bond donors (Lipinski definition) is 1. The van der Waals surface area contributed by atoms with Gasteiger partial charge in [0, 0.05) is 30.0 Å². The second kappa shape index (κ2) is 9.10. The molecule has 0 saturated carbocycles. The van der Waals surface area contributed by atoms with E-state index in [1.54, 1.807) is 4.68 Å². The van der Waals surface area contributed by atoms with Crippen molar-refractivity contribution in [1.29, 1.82) is 0 Å². The van der Waals surface area contributed by atoms with Crippen molar-refractivity contribution in [3.63, 3.8) is 0 Å². The number of anilines is 2. The monoisotopic (exact) mass is 422 g/mol. The zero-order valence-electron chi connectivity index (χ0n) is 17.9. The van der Waals surface area contributed by atoms with Crippen molar-refractivity contribution in [2.45, 2.75) is 19.3 Å². The summed E-state index contributed by atoms with van der Waals surface area (Å²) in [6.07, 6.45) is 3.79. The van der Waals surface area contributed by atoms with Crippen molar-refractivity contribution >= 4 is 17.3 Å². The van der Waals surface area contributed by atoms with E-state index < -0.39 is 0 Å². The number of nitrogens with zero attached hydrogens (tertiary/aromatic N) is 3. The number of hydrogen-bond acceptors (Lipinski definition) is 3. The SMILES string of the molecule is O=C(Nc1ccc(N2CCCCC2)cc1)c1cc(-c2ccccc2)nn1-c1ccccc1. The van der Waals surface area contributed by atoms with Crippen LogP contribution in [0.1, 0.15) is 29.8 Å². The summed E-state index contributed by atoms with van der Waals surface area (Å²) < 4.78 is 1.71. The van der Waals surface area contributed by atoms with Crippen LogP contribution in [-0.4, -0.2) is 28.8 Å². The zero-order valence-corrected chi connectivity index (χ0v) is 17.9. The molecule has 1 N–H and O–H groups in total. The second-order valence-corrected chi connectivity index (χ2v) is 8.08. The van der Waals surface area contributed by atoms with Gasteiger partial charge in [-0.25, -0.2) is 4.68 Å². The normalized spacial score (nSPS) is 13.7. The Kier molecular flexibility index (Phi) is 5.71. The number of aromatic nitrogens is 2. The highest BCUT2D eigenvalue weighted by Gasteiger charge is 2.18. The van der Waals surface area contributed by atoms with E-state index in [0.29, 0.717) is 5.69 Å². The van der Waals surface area contributed by atoms with Crippen LogP contribution in [0.2, 0.25) is 0 Å². The van der Waals surface area contributed by atoms with Gasteiger partial charge in [-0.2, -0.15) is 5.10 Å². The summed E-state index contributed by atoms with van der Waals surface area (Å²) in [5.41, 5.74) is 5.07. The summed E-state index contributed by atoms with van der Waals surface area (Å²) >= 11 is 0. The molecule has 1 amide bonds. The Bertz CT molecular complexity index is 1180. The summed E-state index contributed by atoms with van der Waals surface area (Å²) in [6, 6.07) is 29.6. The van der Waals surface area contributed by atoms with Gasteiger partial charge in [0.1, 0.15) is 5.69 Å². The van der Waals surface area contributed by atoms with Gasteiger partial charge in [-0.15, -0.1) is 0 Å². The van der Waals surface area contributed by atoms with E-state index >= 15 is 0 Å². The fourth-order valence-corrected chi connectivity index (χ4v) is 4.16. The summed E-state index contributed by atoms with van der Waals surface area (Å²) in [5, 5.41) is 7.78. The van der Waals surface area contributed by atoms with Crippen LogP contribution in [0.25, 0.3) is 16.9 Å². The molecule has 1 aliphatic rings. The van der Waals surface area contributed by atoms with Crippen LogP contribution in [-0.2, 0) is 0 Å². The van der Waals surface area contributed by atoms with E-state index in [4.69, 9.17) is 5.10 Å². The number of nitrogens with one attached hydrogen (secondary N) is 1. The molecule has 3 aromatic carbocycles. The molecule has 0 bridgehead atoms. The van der Waals surface area contributed by atoms with Crippen molar-refractivity contribution in [3.8, 4) is 16.9 Å². The Hall–Kier alpha value is -3.86. The molecule has 5 heteroatoms. The number of carbonyl (C=O) groups excluding carboxylic acids is 1. The van der Waals surface area contributed by atoms with Gasteiger partial charge in [-0.05, 0) is 61.7 Å². The third-order valence-electron chi connectivity index (χ3n) is 5.86. The van der Waals surface area contributed by atoms with E-state index in [1.807, 2.05) is 78.9 Å². The van der Waals surface area contributed by atoms with E-state index in [1.165, 1.54) is 24.9 Å². The Morgan fingerprint density at radius 1 is 0.750 bits per heavy atom. The zero-order chi connectivity index (χ0) is 21.8. The predicted octanol–water partition coefficient (Wildman–Crippen LogP) is 5.78. The molecule has 5 nitrogen and oxygen atoms in total. The Labute approximate surface area is 188 Å². The smallest absolute Gasteiger partial charge is 0.274 e. The molecule has 0 atom stereocenters. The molecule has 0 aliphatic carbocycles. The fraction of sp³-hybridized carbons (Fsp3) is 0.185. The van der Waals surface area contributed by atoms with Gasteiger partial charge in [-0.1, -0.05) is 48.5 Å². The third-order valence-corrected chi connectivity index (χ3v) is 5.86. The molecule has 1 aliphatic heterocycles. The molecule has 4 aromatic rings. The van der Waals surface area contributed by atoms with Crippen molar-refractivity contribution in [3.05, 3.63) is 96.7 Å². The summed E-state index contributed by atoms with van der Waals surface area (Å²) in [4.78, 5) is 15.7. The average Bonchev–Trinajstić information content (AvgIpc) is 3.32. The predicted molar refractivity (Wildman–Crippen MR) is 129 cm³/mol. The lowest BCUT2D eigenvalue weighted by Gasteiger charge is -2.28. The maximum Gasteiger partial charge on any atom is 0.274 e. The minimum absolute atomic E-state index is 0.186. The molecular formula is C27H26N4O. The number of amides is 1. The Morgan fingerprint density at radius 3 is 2.09 bits per heavy atom. The number of carbonyl (C=O) groups is 1. The van der Waals surface area contributed by atoms with Crippen LogP contribution < -0.4 is 10.2 Å². The molecule has 1 aromatic heterocycles. The molecule has 2 heterocycles. The number of piperidine rings is 1. The summed E-state index contributed by atoms with van der Waals surface area (Å²) in [7, 11) is 0. The lowest BCUT2D eigenvalue weighted by molar-refractivity contribution is 0.101. The number of benzene rings is 3. The van der Waals surface area contributed by atoms with Gasteiger partial charge in [0.2, 0.25) is 0 Å². The largest absolute Gasteiger partial charge is 0.372 e. The molecule has 1 fully saturated rings. The minimum atomic E-state index is -0.186. The van der Waals surface area contributed by atoms with Crippen molar-refractivity contribution in [2.24, 2.45) is 0 Å². The lowest BCUT2D eigenvalue weighted by Crippen LogP contribution is -2.29. The quantitative estimate of drug-likeness (QED) is 0.443. The van der Waals surface area contributed by atoms with Gasteiger partial charge in [0.15, 0.2) is 0 Å². The number of rotatable bonds is 5. The highest BCUT2D eigenvalue weighted by Crippen LogP contribution is 2.24. The van der Waals surface area contributed by atoms with Crippen LogP contribution in [0.15, 0.2) is 91.0 Å². The molecule has 0 spiro atoms. The molecule has 32 heavy (non-hydrogen) atoms. The third kappa shape index (κ3) is 4.28. The van der Waals surface area contributed by atoms with E-state index in [2.05, 4.69) is 22.3 Å². The van der Waals surface area contributed by atoms with Crippen LogP contribution in [0.5, 0.6) is 0 Å². The first kappa shape index (κ1) is 20.1. The summed E-state index contributed by atoms with van der Waals surface area (Å²) in [6.45, 7) is 2.20. The van der Waals surface area contributed by atoms with Crippen LogP contribution in [0.4, 0.5) is 11.4 Å². The molecule has 0 unspecified atom stereocenters. The maximum absolute atomic E-state index is 13.3. The Balaban J connectivity index is 1.42. The van der Waals surface area contributed by atoms with Crippen LogP contribution in [0.3, 0.4) is 0 Å². The average molecular weight is 423 g/mol. The first-order valence-electron chi connectivity index (χ1n) is 11.2. The van der Waals surface area contributed by atoms with Gasteiger partial charge in [0.05, 0.1) is 11.4 Å². The van der Waals surface area contributed by atoms with Crippen molar-refractivity contribution in [1.82, 2.24) is 9.78 Å². The molecule has 1 saturated heterocycles. The van der Waals surface area contributed by atoms with Gasteiger partial charge >= 0.3 is 0 Å². The van der Waals surface area contributed by atoms with Crippen LogP contribution >= 0.6 is 0 Å². The standard InChI is InChI=1S/C27H26N4O/c32-27(28-22-14-16-23(17-15-22)30-18-8-3-9-19-30)26-20-25(21-10-4-1-5-11-21)29-31(26)24-12-6-2-7-13-24/h1-2,4-7,10-17,20H,3,8-9,18-19H2,(H,28,32). The summed E-state index contributed by atoms with van der Waals surface area (Å²) in [5.74, 6) is -0.186. The first-order chi connectivity index (χ1) is 15.8. The molecule has 5 rings (SSSR count). The maximum atomic E-state index is 13.3. The molecule has 160 valence electrons. The highest BCUT2D eigenvalue weighted by molar-refractivity contribution is 6.04. The fourth-order valence-electron chi connectivity index (χ4n) is 4.16. The lowest BCUT2D eigenvalue weighted by atomic mass is 10.1. The Morgan fingerprint density at radius 2 is 1.41 bits per heavy atom. The minimum Gasteiger partial charge on any atom is -0.372 e. The highest BCUT2D eigenvalue weighted by atomic mass is 16.2.